The van der Waals surface area contributed by atoms with Crippen LogP contribution < -0.4 is 14.2 Å². The Morgan fingerprint density at radius 1 is 1.19 bits per heavy atom. The summed E-state index contributed by atoms with van der Waals surface area (Å²) < 4.78 is 17.0. The van der Waals surface area contributed by atoms with Gasteiger partial charge in [-0.25, -0.2) is 0 Å². The lowest BCUT2D eigenvalue weighted by Gasteiger charge is -2.40. The van der Waals surface area contributed by atoms with Crippen molar-refractivity contribution in [3.63, 3.8) is 0 Å². The van der Waals surface area contributed by atoms with Crippen molar-refractivity contribution in [1.82, 2.24) is 4.90 Å². The molecule has 5 heteroatoms. The number of hydrogen-bond acceptors (Lipinski definition) is 5. The Balaban J connectivity index is 2.05. The summed E-state index contributed by atoms with van der Waals surface area (Å²) in [4.78, 5) is 2.39. The lowest BCUT2D eigenvalue weighted by Crippen LogP contribution is -2.36. The molecule has 0 saturated heterocycles. The Kier molecular flexibility index (Phi) is 4.19. The normalized spacial score (nSPS) is 18.1. The van der Waals surface area contributed by atoms with Gasteiger partial charge in [0.05, 0.1) is 20.8 Å². The lowest BCUT2D eigenvalue weighted by molar-refractivity contribution is 0.221. The van der Waals surface area contributed by atoms with Crippen LogP contribution in [0.4, 0.5) is 0 Å². The number of phenolic OH excluding ortho intramolecular Hbond substituents is 1. The Morgan fingerprint density at radius 2 is 1.96 bits per heavy atom. The van der Waals surface area contributed by atoms with E-state index in [4.69, 9.17) is 14.2 Å². The van der Waals surface area contributed by atoms with E-state index in [1.807, 2.05) is 19.1 Å². The van der Waals surface area contributed by atoms with Crippen molar-refractivity contribution < 1.29 is 19.3 Å². The van der Waals surface area contributed by atoms with Gasteiger partial charge in [0, 0.05) is 23.7 Å². The number of aromatic hydroxyl groups is 1. The molecule has 138 valence electrons. The minimum absolute atomic E-state index is 0.199. The van der Waals surface area contributed by atoms with Crippen LogP contribution in [0.25, 0.3) is 11.1 Å². The van der Waals surface area contributed by atoms with Gasteiger partial charge in [0.25, 0.3) is 0 Å². The first-order valence-electron chi connectivity index (χ1n) is 9.06. The van der Waals surface area contributed by atoms with E-state index in [-0.39, 0.29) is 11.8 Å². The Labute approximate surface area is 154 Å². The molecule has 0 spiro atoms. The Morgan fingerprint density at radius 3 is 2.65 bits per heavy atom. The maximum absolute atomic E-state index is 10.8. The van der Waals surface area contributed by atoms with Crippen molar-refractivity contribution in [1.29, 1.82) is 0 Å². The summed E-state index contributed by atoms with van der Waals surface area (Å²) in [5.41, 5.74) is 5.46. The summed E-state index contributed by atoms with van der Waals surface area (Å²) in [5.74, 6) is 2.26. The quantitative estimate of drug-likeness (QED) is 0.909. The number of hydrogen-bond donors (Lipinski definition) is 1. The van der Waals surface area contributed by atoms with Crippen LogP contribution in [0.2, 0.25) is 0 Å². The van der Waals surface area contributed by atoms with Crippen molar-refractivity contribution in [2.24, 2.45) is 0 Å². The van der Waals surface area contributed by atoms with E-state index in [0.717, 1.165) is 47.6 Å². The highest BCUT2D eigenvalue weighted by Crippen LogP contribution is 2.54. The van der Waals surface area contributed by atoms with Gasteiger partial charge in [-0.15, -0.1) is 0 Å². The van der Waals surface area contributed by atoms with E-state index < -0.39 is 0 Å². The Bertz CT molecular complexity index is 862. The number of ether oxygens (including phenoxy) is 3. The maximum atomic E-state index is 10.8. The average Bonchev–Trinajstić information content (AvgIpc) is 2.65. The molecule has 1 heterocycles. The molecule has 4 rings (SSSR count). The van der Waals surface area contributed by atoms with Gasteiger partial charge in [-0.05, 0) is 55.6 Å². The summed E-state index contributed by atoms with van der Waals surface area (Å²) in [7, 11) is 5.41. The molecule has 1 N–H and O–H groups in total. The molecular formula is C21H25NO4. The highest BCUT2D eigenvalue weighted by Gasteiger charge is 2.37. The largest absolute Gasteiger partial charge is 0.504 e. The topological polar surface area (TPSA) is 51.2 Å². The molecule has 1 aliphatic carbocycles. The van der Waals surface area contributed by atoms with Crippen molar-refractivity contribution >= 4 is 0 Å². The number of nitrogens with zero attached hydrogens (tertiary/aromatic N) is 1. The molecule has 0 saturated carbocycles. The summed E-state index contributed by atoms with van der Waals surface area (Å²) >= 11 is 0. The molecule has 2 aliphatic rings. The van der Waals surface area contributed by atoms with Crippen LogP contribution in [0.15, 0.2) is 18.2 Å². The second-order valence-electron chi connectivity index (χ2n) is 6.88. The molecule has 0 aromatic heterocycles. The minimum atomic E-state index is 0.199. The minimum Gasteiger partial charge on any atom is -0.504 e. The molecular weight excluding hydrogens is 330 g/mol. The predicted octanol–water partition coefficient (Wildman–Crippen LogP) is 3.56. The van der Waals surface area contributed by atoms with Crippen LogP contribution in [0.3, 0.4) is 0 Å². The van der Waals surface area contributed by atoms with E-state index in [1.54, 1.807) is 14.2 Å². The van der Waals surface area contributed by atoms with Crippen molar-refractivity contribution in [3.05, 3.63) is 34.9 Å². The predicted molar refractivity (Wildman–Crippen MR) is 101 cm³/mol. The Hall–Kier alpha value is -2.40. The molecule has 1 atom stereocenters. The van der Waals surface area contributed by atoms with Gasteiger partial charge in [0.1, 0.15) is 0 Å². The number of methoxy groups -OCH3 is 2. The zero-order valence-electron chi connectivity index (χ0n) is 15.8. The fourth-order valence-electron chi connectivity index (χ4n) is 4.38. The van der Waals surface area contributed by atoms with Crippen LogP contribution >= 0.6 is 0 Å². The number of likely N-dealkylation sites (N-methyl/N-ethyl adjacent to an activating group) is 1. The first-order valence-corrected chi connectivity index (χ1v) is 9.06. The van der Waals surface area contributed by atoms with Crippen LogP contribution in [-0.4, -0.2) is 44.4 Å². The summed E-state index contributed by atoms with van der Waals surface area (Å²) in [6.07, 6.45) is 1.77. The van der Waals surface area contributed by atoms with Crippen LogP contribution in [-0.2, 0) is 12.8 Å². The number of fused-ring (bicyclic) bond motifs is 2. The lowest BCUT2D eigenvalue weighted by atomic mass is 9.76. The van der Waals surface area contributed by atoms with Gasteiger partial charge in [-0.1, -0.05) is 6.07 Å². The first kappa shape index (κ1) is 17.0. The zero-order valence-corrected chi connectivity index (χ0v) is 15.8. The van der Waals surface area contributed by atoms with Crippen LogP contribution in [0.5, 0.6) is 23.0 Å². The zero-order chi connectivity index (χ0) is 18.4. The van der Waals surface area contributed by atoms with E-state index in [2.05, 4.69) is 18.0 Å². The standard InChI is InChI=1S/C21H25NO4/c1-5-26-21-13-8-9-22(2)15-10-12-6-7-16(24-3)20(23)18(12)14(19(13)15)11-17(21)25-4/h6-7,11,15,23H,5,8-10H2,1-4H3/t15-/m1/s1. The first-order chi connectivity index (χ1) is 12.6. The third-order valence-electron chi connectivity index (χ3n) is 5.61. The average molecular weight is 355 g/mol. The summed E-state index contributed by atoms with van der Waals surface area (Å²) in [5, 5.41) is 10.8. The molecule has 0 fully saturated rings. The van der Waals surface area contributed by atoms with Crippen LogP contribution in [0, 0.1) is 0 Å². The van der Waals surface area contributed by atoms with Gasteiger partial charge >= 0.3 is 0 Å². The molecule has 2 aromatic carbocycles. The van der Waals surface area contributed by atoms with Crippen molar-refractivity contribution in [2.75, 3.05) is 34.4 Å². The fourth-order valence-corrected chi connectivity index (χ4v) is 4.38. The van der Waals surface area contributed by atoms with E-state index in [0.29, 0.717) is 12.4 Å². The number of phenols is 1. The van der Waals surface area contributed by atoms with E-state index in [1.165, 1.54) is 11.1 Å². The maximum Gasteiger partial charge on any atom is 0.165 e. The molecule has 26 heavy (non-hydrogen) atoms. The molecule has 0 bridgehead atoms. The molecule has 0 unspecified atom stereocenters. The molecule has 0 amide bonds. The highest BCUT2D eigenvalue weighted by atomic mass is 16.5. The number of rotatable bonds is 4. The van der Waals surface area contributed by atoms with Crippen molar-refractivity contribution in [2.45, 2.75) is 25.8 Å². The van der Waals surface area contributed by atoms with E-state index in [9.17, 15) is 5.11 Å². The second-order valence-corrected chi connectivity index (χ2v) is 6.88. The van der Waals surface area contributed by atoms with Gasteiger partial charge in [0.2, 0.25) is 0 Å². The molecule has 2 aromatic rings. The van der Waals surface area contributed by atoms with Gasteiger partial charge < -0.3 is 19.3 Å². The highest BCUT2D eigenvalue weighted by molar-refractivity contribution is 5.84. The third-order valence-corrected chi connectivity index (χ3v) is 5.61. The van der Waals surface area contributed by atoms with Crippen molar-refractivity contribution in [3.8, 4) is 34.1 Å². The number of benzene rings is 2. The smallest absolute Gasteiger partial charge is 0.165 e. The van der Waals surface area contributed by atoms with E-state index >= 15 is 0 Å². The monoisotopic (exact) mass is 355 g/mol. The second kappa shape index (κ2) is 6.40. The molecule has 5 nitrogen and oxygen atoms in total. The fraction of sp³-hybridized carbons (Fsp3) is 0.429. The third kappa shape index (κ3) is 2.34. The molecule has 1 aliphatic heterocycles. The summed E-state index contributed by atoms with van der Waals surface area (Å²) in [6, 6.07) is 6.18. The molecule has 0 radical (unpaired) electrons. The van der Waals surface area contributed by atoms with Gasteiger partial charge in [-0.2, -0.15) is 0 Å². The van der Waals surface area contributed by atoms with Gasteiger partial charge in [-0.3, -0.25) is 4.90 Å². The SMILES string of the molecule is CCOc1c(OC)cc2c3c1CCN(C)[C@@H]3Cc1ccc(OC)c(O)c1-2. The van der Waals surface area contributed by atoms with Gasteiger partial charge in [0.15, 0.2) is 23.0 Å². The summed E-state index contributed by atoms with van der Waals surface area (Å²) in [6.45, 7) is 3.56. The van der Waals surface area contributed by atoms with Crippen LogP contribution in [0.1, 0.15) is 29.7 Å².